The first-order valence-corrected chi connectivity index (χ1v) is 18.6. The third-order valence-corrected chi connectivity index (χ3v) is 11.9. The van der Waals surface area contributed by atoms with Crippen LogP contribution in [0.15, 0.2) is 12.2 Å². The zero-order chi connectivity index (χ0) is 29.6. The fraction of sp³-hybridized carbons (Fsp3) is 0.895. The van der Waals surface area contributed by atoms with Crippen molar-refractivity contribution in [1.82, 2.24) is 0 Å². The van der Waals surface area contributed by atoms with Crippen molar-refractivity contribution in [1.29, 1.82) is 0 Å². The first-order chi connectivity index (χ1) is 20.5. The van der Waals surface area contributed by atoms with Gasteiger partial charge < -0.3 is 9.47 Å². The fourth-order valence-electron chi connectivity index (χ4n) is 9.16. The highest BCUT2D eigenvalue weighted by Gasteiger charge is 2.33. The number of rotatable bonds is 14. The Morgan fingerprint density at radius 3 is 1.10 bits per heavy atom. The van der Waals surface area contributed by atoms with Gasteiger partial charge in [0.25, 0.3) is 0 Å². The van der Waals surface area contributed by atoms with Crippen LogP contribution in [0.1, 0.15) is 168 Å². The highest BCUT2D eigenvalue weighted by atomic mass is 16.5. The van der Waals surface area contributed by atoms with Gasteiger partial charge in [-0.2, -0.15) is 0 Å². The van der Waals surface area contributed by atoms with E-state index in [1.165, 1.54) is 141 Å². The van der Waals surface area contributed by atoms with Crippen LogP contribution in [0.4, 0.5) is 0 Å². The molecule has 4 nitrogen and oxygen atoms in total. The van der Waals surface area contributed by atoms with Gasteiger partial charge >= 0.3 is 11.9 Å². The lowest BCUT2D eigenvalue weighted by atomic mass is 9.70. The van der Waals surface area contributed by atoms with Crippen molar-refractivity contribution in [2.75, 3.05) is 0 Å². The minimum atomic E-state index is -0.392. The smallest absolute Gasteiger partial charge is 0.331 e. The molecule has 4 fully saturated rings. The van der Waals surface area contributed by atoms with E-state index in [2.05, 4.69) is 13.8 Å². The fourth-order valence-corrected chi connectivity index (χ4v) is 9.16. The summed E-state index contributed by atoms with van der Waals surface area (Å²) in [5, 5.41) is 0. The molecule has 0 bridgehead atoms. The zero-order valence-electron chi connectivity index (χ0n) is 27.4. The van der Waals surface area contributed by atoms with E-state index in [0.29, 0.717) is 0 Å². The predicted octanol–water partition coefficient (Wildman–Crippen LogP) is 10.5. The Kier molecular flexibility index (Phi) is 14.8. The van der Waals surface area contributed by atoms with Gasteiger partial charge in [-0.15, -0.1) is 0 Å². The Morgan fingerprint density at radius 1 is 0.476 bits per heavy atom. The van der Waals surface area contributed by atoms with E-state index in [4.69, 9.17) is 9.47 Å². The second-order valence-electron chi connectivity index (χ2n) is 14.8. The van der Waals surface area contributed by atoms with Crippen LogP contribution >= 0.6 is 0 Å². The zero-order valence-corrected chi connectivity index (χ0v) is 27.4. The van der Waals surface area contributed by atoms with Gasteiger partial charge in [-0.3, -0.25) is 0 Å². The second kappa shape index (κ2) is 18.5. The minimum Gasteiger partial charge on any atom is -0.459 e. The van der Waals surface area contributed by atoms with E-state index < -0.39 is 11.9 Å². The highest BCUT2D eigenvalue weighted by Crippen LogP contribution is 2.43. The Bertz CT molecular complexity index is 722. The lowest BCUT2D eigenvalue weighted by molar-refractivity contribution is -0.148. The van der Waals surface area contributed by atoms with Gasteiger partial charge in [-0.05, 0) is 113 Å². The number of esters is 2. The summed E-state index contributed by atoms with van der Waals surface area (Å²) < 4.78 is 11.4. The number of hydrogen-bond donors (Lipinski definition) is 0. The summed E-state index contributed by atoms with van der Waals surface area (Å²) in [4.78, 5) is 24.9. The molecule has 0 saturated heterocycles. The van der Waals surface area contributed by atoms with Crippen molar-refractivity contribution in [2.24, 2.45) is 35.5 Å². The molecule has 42 heavy (non-hydrogen) atoms. The third-order valence-electron chi connectivity index (χ3n) is 11.9. The first-order valence-electron chi connectivity index (χ1n) is 18.6. The van der Waals surface area contributed by atoms with Crippen molar-refractivity contribution >= 4 is 11.9 Å². The van der Waals surface area contributed by atoms with Crippen LogP contribution in [0, 0.1) is 35.5 Å². The van der Waals surface area contributed by atoms with Crippen LogP contribution in [-0.4, -0.2) is 24.1 Å². The van der Waals surface area contributed by atoms with E-state index in [1.807, 2.05) is 0 Å². The summed E-state index contributed by atoms with van der Waals surface area (Å²) in [5.41, 5.74) is 0. The molecule has 4 heteroatoms. The summed E-state index contributed by atoms with van der Waals surface area (Å²) in [7, 11) is 0. The molecular formula is C38H64O4. The average molecular weight is 585 g/mol. The maximum atomic E-state index is 12.4. The molecule has 240 valence electrons. The molecule has 4 rings (SSSR count). The van der Waals surface area contributed by atoms with Crippen molar-refractivity contribution in [3.8, 4) is 0 Å². The number of carbonyl (C=O) groups is 2. The van der Waals surface area contributed by atoms with Crippen LogP contribution < -0.4 is 0 Å². The lowest BCUT2D eigenvalue weighted by Gasteiger charge is -2.37. The second-order valence-corrected chi connectivity index (χ2v) is 14.8. The number of hydrogen-bond acceptors (Lipinski definition) is 4. The third kappa shape index (κ3) is 11.3. The lowest BCUT2D eigenvalue weighted by Crippen LogP contribution is -2.30. The monoisotopic (exact) mass is 584 g/mol. The van der Waals surface area contributed by atoms with Crippen molar-refractivity contribution in [3.05, 3.63) is 12.2 Å². The highest BCUT2D eigenvalue weighted by molar-refractivity contribution is 5.91. The molecular weight excluding hydrogens is 520 g/mol. The summed E-state index contributed by atoms with van der Waals surface area (Å²) in [6.45, 7) is 4.58. The van der Waals surface area contributed by atoms with Gasteiger partial charge in [0.1, 0.15) is 12.2 Å². The molecule has 4 saturated carbocycles. The topological polar surface area (TPSA) is 52.6 Å². The van der Waals surface area contributed by atoms with Crippen LogP contribution in [-0.2, 0) is 19.1 Å². The molecule has 0 spiro atoms. The summed E-state index contributed by atoms with van der Waals surface area (Å²) in [6.07, 6.45) is 33.6. The van der Waals surface area contributed by atoms with Gasteiger partial charge in [0, 0.05) is 12.2 Å². The molecule has 0 heterocycles. The summed E-state index contributed by atoms with van der Waals surface area (Å²) in [5.74, 6) is 4.52. The maximum absolute atomic E-state index is 12.4. The van der Waals surface area contributed by atoms with Crippen LogP contribution in [0.25, 0.3) is 0 Å². The molecule has 0 atom stereocenters. The number of ether oxygens (including phenoxy) is 2. The first kappa shape index (κ1) is 33.6. The molecule has 0 aromatic carbocycles. The SMILES string of the molecule is CCCCCC1CCC(C2CCC(OC(=O)/C=C/C(=O)OC3CCC(C4CCC(CCCCC)CC4)CC3)CC2)CC1. The Hall–Kier alpha value is -1.32. The van der Waals surface area contributed by atoms with Crippen LogP contribution in [0.2, 0.25) is 0 Å². The van der Waals surface area contributed by atoms with Crippen molar-refractivity contribution in [3.63, 3.8) is 0 Å². The molecule has 0 N–H and O–H groups in total. The largest absolute Gasteiger partial charge is 0.459 e. The molecule has 0 aromatic heterocycles. The predicted molar refractivity (Wildman–Crippen MR) is 172 cm³/mol. The Morgan fingerprint density at radius 2 is 0.786 bits per heavy atom. The van der Waals surface area contributed by atoms with E-state index in [-0.39, 0.29) is 12.2 Å². The van der Waals surface area contributed by atoms with Gasteiger partial charge in [-0.25, -0.2) is 9.59 Å². The van der Waals surface area contributed by atoms with E-state index in [9.17, 15) is 9.59 Å². The van der Waals surface area contributed by atoms with Crippen molar-refractivity contribution < 1.29 is 19.1 Å². The quantitative estimate of drug-likeness (QED) is 0.116. The molecule has 0 unspecified atom stereocenters. The average Bonchev–Trinajstić information content (AvgIpc) is 3.02. The van der Waals surface area contributed by atoms with Crippen LogP contribution in [0.5, 0.6) is 0 Å². The van der Waals surface area contributed by atoms with Gasteiger partial charge in [0.2, 0.25) is 0 Å². The standard InChI is InChI=1S/C38H64O4/c1-3-5-7-9-29-11-15-31(16-12-29)33-19-23-35(24-20-33)41-37(39)27-28-38(40)42-36-25-21-34(22-26-36)32-17-13-30(14-18-32)10-8-6-4-2/h27-36H,3-26H2,1-2H3/b28-27+. The maximum Gasteiger partial charge on any atom is 0.331 e. The summed E-state index contributed by atoms with van der Waals surface area (Å²) >= 11 is 0. The Labute approximate surface area is 258 Å². The summed E-state index contributed by atoms with van der Waals surface area (Å²) in [6, 6.07) is 0. The van der Waals surface area contributed by atoms with Gasteiger partial charge in [-0.1, -0.05) is 90.9 Å². The molecule has 0 aliphatic heterocycles. The van der Waals surface area contributed by atoms with E-state index in [0.717, 1.165) is 61.2 Å². The van der Waals surface area contributed by atoms with E-state index >= 15 is 0 Å². The molecule has 0 radical (unpaired) electrons. The molecule has 0 aromatic rings. The van der Waals surface area contributed by atoms with Crippen molar-refractivity contribution in [2.45, 2.75) is 180 Å². The van der Waals surface area contributed by atoms with Gasteiger partial charge in [0.15, 0.2) is 0 Å². The minimum absolute atomic E-state index is 0.00138. The normalized spacial score (nSPS) is 34.2. The van der Waals surface area contributed by atoms with Gasteiger partial charge in [0.05, 0.1) is 0 Å². The van der Waals surface area contributed by atoms with E-state index in [1.54, 1.807) is 0 Å². The molecule has 0 amide bonds. The molecule has 4 aliphatic carbocycles. The number of unbranched alkanes of at least 4 members (excludes halogenated alkanes) is 4. The van der Waals surface area contributed by atoms with Crippen LogP contribution in [0.3, 0.4) is 0 Å². The Balaban J connectivity index is 1.05. The number of carbonyl (C=O) groups excluding carboxylic acids is 2. The molecule has 4 aliphatic rings.